The number of amides is 1. The lowest BCUT2D eigenvalue weighted by molar-refractivity contribution is 0.0240. The van der Waals surface area contributed by atoms with Crippen LogP contribution in [-0.4, -0.2) is 58.5 Å². The van der Waals surface area contributed by atoms with Gasteiger partial charge in [0.2, 0.25) is 0 Å². The zero-order valence-electron chi connectivity index (χ0n) is 17.8. The van der Waals surface area contributed by atoms with Gasteiger partial charge in [0.15, 0.2) is 0 Å². The summed E-state index contributed by atoms with van der Waals surface area (Å²) >= 11 is 0. The second-order valence-electron chi connectivity index (χ2n) is 8.18. The Hall–Kier alpha value is -3.35. The number of anilines is 1. The third kappa shape index (κ3) is 5.59. The van der Waals surface area contributed by atoms with Crippen molar-refractivity contribution in [2.24, 2.45) is 0 Å². The lowest BCUT2D eigenvalue weighted by Crippen LogP contribution is -2.50. The molecule has 0 unspecified atom stereocenters. The van der Waals surface area contributed by atoms with Crippen molar-refractivity contribution in [2.45, 2.75) is 26.4 Å². The van der Waals surface area contributed by atoms with E-state index in [2.05, 4.69) is 45.7 Å². The quantitative estimate of drug-likeness (QED) is 0.722. The van der Waals surface area contributed by atoms with Crippen molar-refractivity contribution in [1.29, 1.82) is 5.41 Å². The molecule has 3 rings (SSSR count). The van der Waals surface area contributed by atoms with Crippen molar-refractivity contribution < 1.29 is 9.53 Å². The van der Waals surface area contributed by atoms with Gasteiger partial charge in [-0.1, -0.05) is 18.7 Å². The van der Waals surface area contributed by atoms with E-state index in [0.29, 0.717) is 24.6 Å². The molecule has 7 heteroatoms. The van der Waals surface area contributed by atoms with E-state index >= 15 is 0 Å². The van der Waals surface area contributed by atoms with Crippen molar-refractivity contribution in [3.8, 4) is 11.3 Å². The molecule has 158 valence electrons. The second kappa shape index (κ2) is 8.98. The number of aromatic amines is 1. The summed E-state index contributed by atoms with van der Waals surface area (Å²) in [5.74, 6) is 0.693. The van der Waals surface area contributed by atoms with E-state index in [0.717, 1.165) is 30.0 Å². The molecule has 30 heavy (non-hydrogen) atoms. The fourth-order valence-electron chi connectivity index (χ4n) is 3.13. The van der Waals surface area contributed by atoms with Gasteiger partial charge < -0.3 is 24.9 Å². The van der Waals surface area contributed by atoms with E-state index in [9.17, 15) is 4.79 Å². The molecule has 0 spiro atoms. The van der Waals surface area contributed by atoms with Crippen molar-refractivity contribution in [3.05, 3.63) is 55.0 Å². The Kier molecular flexibility index (Phi) is 6.40. The van der Waals surface area contributed by atoms with Gasteiger partial charge in [-0.25, -0.2) is 9.78 Å². The molecule has 1 fully saturated rings. The average molecular weight is 408 g/mol. The minimum absolute atomic E-state index is 0.246. The maximum atomic E-state index is 12.2. The van der Waals surface area contributed by atoms with Crippen LogP contribution in [0.5, 0.6) is 0 Å². The minimum atomic E-state index is -0.472. The van der Waals surface area contributed by atoms with Crippen LogP contribution in [0.15, 0.2) is 49.2 Å². The third-order valence-electron chi connectivity index (χ3n) is 4.71. The van der Waals surface area contributed by atoms with Gasteiger partial charge in [0.1, 0.15) is 11.4 Å². The SMILES string of the molecule is C=CC(=N)/C=C\c1ncc(-c2ccc(N3CCN(C(=O)OC(C)(C)C)CC3)cc2)[nH]1. The second-order valence-corrected chi connectivity index (χ2v) is 8.18. The summed E-state index contributed by atoms with van der Waals surface area (Å²) < 4.78 is 5.46. The number of ether oxygens (including phenoxy) is 1. The van der Waals surface area contributed by atoms with Crippen molar-refractivity contribution in [3.63, 3.8) is 0 Å². The van der Waals surface area contributed by atoms with Crippen molar-refractivity contribution >= 4 is 23.6 Å². The van der Waals surface area contributed by atoms with Crippen LogP contribution >= 0.6 is 0 Å². The molecule has 1 aromatic carbocycles. The standard InChI is InChI=1S/C23H29N5O2/c1-5-18(24)8-11-21-25-16-20(26-21)17-6-9-19(10-7-17)27-12-14-28(15-13-27)22(29)30-23(2,3)4/h5-11,16,24H,1,12-15H2,2-4H3,(H,25,26)/b11-8-,24-18?. The Labute approximate surface area is 177 Å². The number of nitrogens with zero attached hydrogens (tertiary/aromatic N) is 3. The summed E-state index contributed by atoms with van der Waals surface area (Å²) in [4.78, 5) is 23.8. The van der Waals surface area contributed by atoms with E-state index in [4.69, 9.17) is 10.1 Å². The largest absolute Gasteiger partial charge is 0.444 e. The zero-order valence-corrected chi connectivity index (χ0v) is 17.8. The number of imidazole rings is 1. The molecule has 7 nitrogen and oxygen atoms in total. The molecule has 2 heterocycles. The highest BCUT2D eigenvalue weighted by Gasteiger charge is 2.25. The average Bonchev–Trinajstić information content (AvgIpc) is 3.20. The molecule has 0 radical (unpaired) electrons. The van der Waals surface area contributed by atoms with Crippen molar-refractivity contribution in [2.75, 3.05) is 31.1 Å². The zero-order chi connectivity index (χ0) is 21.7. The number of hydrogen-bond acceptors (Lipinski definition) is 5. The number of nitrogens with one attached hydrogen (secondary N) is 2. The van der Waals surface area contributed by atoms with Crippen LogP contribution in [-0.2, 0) is 4.74 Å². The molecule has 1 aromatic heterocycles. The highest BCUT2D eigenvalue weighted by atomic mass is 16.6. The maximum absolute atomic E-state index is 12.2. The normalized spacial score (nSPS) is 14.8. The monoisotopic (exact) mass is 407 g/mol. The summed E-state index contributed by atoms with van der Waals surface area (Å²) in [6.45, 7) is 12.0. The lowest BCUT2D eigenvalue weighted by Gasteiger charge is -2.36. The Morgan fingerprint density at radius 2 is 1.87 bits per heavy atom. The first kappa shape index (κ1) is 21.4. The highest BCUT2D eigenvalue weighted by molar-refractivity contribution is 6.03. The van der Waals surface area contributed by atoms with Gasteiger partial charge >= 0.3 is 6.09 Å². The number of benzene rings is 1. The topological polar surface area (TPSA) is 85.3 Å². The van der Waals surface area contributed by atoms with Crippen LogP contribution in [0.3, 0.4) is 0 Å². The Morgan fingerprint density at radius 3 is 2.47 bits per heavy atom. The predicted molar refractivity (Wildman–Crippen MR) is 121 cm³/mol. The predicted octanol–water partition coefficient (Wildman–Crippen LogP) is 4.35. The molecule has 2 aromatic rings. The van der Waals surface area contributed by atoms with Gasteiger partial charge in [0.25, 0.3) is 0 Å². The van der Waals surface area contributed by atoms with Gasteiger partial charge in [-0.15, -0.1) is 0 Å². The molecule has 0 bridgehead atoms. The van der Waals surface area contributed by atoms with Gasteiger partial charge in [-0.2, -0.15) is 0 Å². The summed E-state index contributed by atoms with van der Waals surface area (Å²) in [5, 5.41) is 7.57. The molecule has 1 aliphatic rings. The van der Waals surface area contributed by atoms with Crippen LogP contribution in [0.25, 0.3) is 17.3 Å². The van der Waals surface area contributed by atoms with Crippen LogP contribution in [0.2, 0.25) is 0 Å². The Bertz CT molecular complexity index is 929. The molecule has 1 amide bonds. The Balaban J connectivity index is 1.59. The van der Waals surface area contributed by atoms with Gasteiger partial charge in [-0.3, -0.25) is 0 Å². The van der Waals surface area contributed by atoms with Gasteiger partial charge in [0.05, 0.1) is 17.6 Å². The van der Waals surface area contributed by atoms with Crippen LogP contribution < -0.4 is 4.90 Å². The van der Waals surface area contributed by atoms with E-state index in [1.165, 1.54) is 6.08 Å². The van der Waals surface area contributed by atoms with Gasteiger partial charge in [-0.05, 0) is 56.7 Å². The third-order valence-corrected chi connectivity index (χ3v) is 4.71. The first-order valence-electron chi connectivity index (χ1n) is 10.0. The number of carbonyl (C=O) groups is 1. The molecular weight excluding hydrogens is 378 g/mol. The highest BCUT2D eigenvalue weighted by Crippen LogP contribution is 2.23. The smallest absolute Gasteiger partial charge is 0.410 e. The first-order valence-corrected chi connectivity index (χ1v) is 10.0. The molecule has 1 saturated heterocycles. The summed E-state index contributed by atoms with van der Waals surface area (Å²) in [6, 6.07) is 8.29. The number of allylic oxidation sites excluding steroid dienone is 2. The van der Waals surface area contributed by atoms with Crippen LogP contribution in [0.4, 0.5) is 10.5 Å². The van der Waals surface area contributed by atoms with Gasteiger partial charge in [0, 0.05) is 31.9 Å². The van der Waals surface area contributed by atoms with E-state index < -0.39 is 5.60 Å². The molecule has 1 aliphatic heterocycles. The lowest BCUT2D eigenvalue weighted by atomic mass is 10.1. The van der Waals surface area contributed by atoms with Crippen LogP contribution in [0.1, 0.15) is 26.6 Å². The summed E-state index contributed by atoms with van der Waals surface area (Å²) in [7, 11) is 0. The minimum Gasteiger partial charge on any atom is -0.444 e. The van der Waals surface area contributed by atoms with Crippen LogP contribution in [0, 0.1) is 5.41 Å². The first-order chi connectivity index (χ1) is 14.2. The molecule has 0 atom stereocenters. The molecule has 2 N–H and O–H groups in total. The summed E-state index contributed by atoms with van der Waals surface area (Å²) in [6.07, 6.45) is 6.42. The van der Waals surface area contributed by atoms with E-state index in [1.807, 2.05) is 20.8 Å². The number of hydrogen-bond donors (Lipinski definition) is 2. The van der Waals surface area contributed by atoms with E-state index in [-0.39, 0.29) is 6.09 Å². The van der Waals surface area contributed by atoms with Crippen molar-refractivity contribution in [1.82, 2.24) is 14.9 Å². The summed E-state index contributed by atoms with van der Waals surface area (Å²) in [5.41, 5.74) is 2.95. The number of aromatic nitrogens is 2. The maximum Gasteiger partial charge on any atom is 0.410 e. The Morgan fingerprint density at radius 1 is 1.20 bits per heavy atom. The fraction of sp³-hybridized carbons (Fsp3) is 0.348. The van der Waals surface area contributed by atoms with E-state index in [1.54, 1.807) is 23.2 Å². The molecule has 0 saturated carbocycles. The molecule has 0 aliphatic carbocycles. The number of H-pyrrole nitrogens is 1. The number of piperazine rings is 1. The number of carbonyl (C=O) groups excluding carboxylic acids is 1. The fourth-order valence-corrected chi connectivity index (χ4v) is 3.13. The number of rotatable bonds is 5. The molecular formula is C23H29N5O2.